The van der Waals surface area contributed by atoms with Gasteiger partial charge in [0.25, 0.3) is 0 Å². The highest BCUT2D eigenvalue weighted by atomic mass is 28.4. The number of nitrogens with two attached hydrogens (primary N) is 3. The summed E-state index contributed by atoms with van der Waals surface area (Å²) in [5, 5.41) is 0. The second-order valence-corrected chi connectivity index (χ2v) is 4.02. The van der Waals surface area contributed by atoms with Gasteiger partial charge in [-0.1, -0.05) is 0 Å². The predicted molar refractivity (Wildman–Crippen MR) is 47.8 cm³/mol. The zero-order valence-electron chi connectivity index (χ0n) is 7.69. The molecule has 0 unspecified atom stereocenters. The molecule has 6 N–H and O–H groups in total. The van der Waals surface area contributed by atoms with Crippen LogP contribution in [0.5, 0.6) is 0 Å². The van der Waals surface area contributed by atoms with Gasteiger partial charge in [-0.15, -0.1) is 0 Å². The maximum atomic E-state index is 5.20. The van der Waals surface area contributed by atoms with Gasteiger partial charge in [0.1, 0.15) is 0 Å². The first kappa shape index (κ1) is 12.9. The van der Waals surface area contributed by atoms with E-state index in [-0.39, 0.29) is 20.2 Å². The van der Waals surface area contributed by atoms with Crippen molar-refractivity contribution in [3.8, 4) is 0 Å². The maximum Gasteiger partial charge on any atom is 0.682 e. The molecular formula is C5H17N3O4Si. The van der Waals surface area contributed by atoms with Crippen molar-refractivity contribution < 1.29 is 17.7 Å². The van der Waals surface area contributed by atoms with Crippen molar-refractivity contribution in [2.75, 3.05) is 26.8 Å². The third kappa shape index (κ3) is 4.64. The molecule has 7 nitrogen and oxygen atoms in total. The Morgan fingerprint density at radius 3 is 1.46 bits per heavy atom. The molecular weight excluding hydrogens is 194 g/mol. The molecule has 0 aliphatic heterocycles. The van der Waals surface area contributed by atoms with E-state index in [0.29, 0.717) is 6.61 Å². The Bertz CT molecular complexity index is 98.8. The molecule has 0 aromatic heterocycles. The van der Waals surface area contributed by atoms with Gasteiger partial charge in [0.2, 0.25) is 0 Å². The van der Waals surface area contributed by atoms with E-state index in [4.69, 9.17) is 34.9 Å². The quantitative estimate of drug-likeness (QED) is 0.322. The van der Waals surface area contributed by atoms with E-state index in [0.717, 1.165) is 0 Å². The van der Waals surface area contributed by atoms with Crippen LogP contribution in [0.1, 0.15) is 6.92 Å². The molecule has 0 aromatic rings. The number of hydrogen-bond acceptors (Lipinski definition) is 7. The van der Waals surface area contributed by atoms with Gasteiger partial charge in [-0.05, 0) is 6.92 Å². The molecule has 0 saturated heterocycles. The van der Waals surface area contributed by atoms with Gasteiger partial charge in [-0.25, -0.2) is 0 Å². The van der Waals surface area contributed by atoms with Crippen LogP contribution in [-0.4, -0.2) is 35.8 Å². The lowest BCUT2D eigenvalue weighted by Gasteiger charge is -2.25. The van der Waals surface area contributed by atoms with Gasteiger partial charge >= 0.3 is 9.05 Å². The molecule has 0 aromatic carbocycles. The van der Waals surface area contributed by atoms with Gasteiger partial charge in [-0.3, -0.25) is 0 Å². The van der Waals surface area contributed by atoms with E-state index in [1.165, 1.54) is 0 Å². The van der Waals surface area contributed by atoms with Gasteiger partial charge < -0.3 is 34.9 Å². The molecule has 0 spiro atoms. The summed E-state index contributed by atoms with van der Waals surface area (Å²) in [5.74, 6) is 0. The SMILES string of the molecule is CCO[Si](OCN)(OCN)OCN. The lowest BCUT2D eigenvalue weighted by Crippen LogP contribution is -2.52. The van der Waals surface area contributed by atoms with E-state index in [1.54, 1.807) is 6.92 Å². The molecule has 0 amide bonds. The molecule has 0 rings (SSSR count). The van der Waals surface area contributed by atoms with Crippen molar-refractivity contribution in [1.29, 1.82) is 0 Å². The van der Waals surface area contributed by atoms with Crippen LogP contribution in [0, 0.1) is 0 Å². The minimum absolute atomic E-state index is 0.0633. The third-order valence-electron chi connectivity index (χ3n) is 1.10. The minimum Gasteiger partial charge on any atom is -0.351 e. The van der Waals surface area contributed by atoms with Gasteiger partial charge in [0, 0.05) is 6.61 Å². The molecule has 8 heteroatoms. The number of hydrogen-bond donors (Lipinski definition) is 3. The lowest BCUT2D eigenvalue weighted by molar-refractivity contribution is -0.0288. The molecule has 0 radical (unpaired) electrons. The van der Waals surface area contributed by atoms with E-state index in [9.17, 15) is 0 Å². The molecule has 0 heterocycles. The Balaban J connectivity index is 4.19. The zero-order chi connectivity index (χ0) is 10.2. The molecule has 0 saturated carbocycles. The Morgan fingerprint density at radius 1 is 0.846 bits per heavy atom. The van der Waals surface area contributed by atoms with E-state index < -0.39 is 9.05 Å². The molecule has 0 aliphatic carbocycles. The van der Waals surface area contributed by atoms with Crippen molar-refractivity contribution in [3.05, 3.63) is 0 Å². The van der Waals surface area contributed by atoms with Crippen LogP contribution < -0.4 is 17.2 Å². The first-order chi connectivity index (χ1) is 6.24. The summed E-state index contributed by atoms with van der Waals surface area (Å²) in [7, 11) is -3.17. The van der Waals surface area contributed by atoms with Crippen LogP contribution in [0.4, 0.5) is 0 Å². The Hall–Kier alpha value is -0.0631. The molecule has 80 valence electrons. The van der Waals surface area contributed by atoms with Crippen LogP contribution >= 0.6 is 0 Å². The normalized spacial score (nSPS) is 12.0. The molecule has 0 fully saturated rings. The van der Waals surface area contributed by atoms with Gasteiger partial charge in [-0.2, -0.15) is 0 Å². The molecule has 13 heavy (non-hydrogen) atoms. The van der Waals surface area contributed by atoms with E-state index in [2.05, 4.69) is 0 Å². The Labute approximate surface area is 78.5 Å². The molecule has 0 aliphatic rings. The van der Waals surface area contributed by atoms with Crippen LogP contribution in [0.15, 0.2) is 0 Å². The van der Waals surface area contributed by atoms with Crippen molar-refractivity contribution in [2.24, 2.45) is 17.2 Å². The number of rotatable bonds is 8. The summed E-state index contributed by atoms with van der Waals surface area (Å²) in [6.45, 7) is 1.97. The van der Waals surface area contributed by atoms with Gasteiger partial charge in [0.05, 0.1) is 20.2 Å². The predicted octanol–water partition coefficient (Wildman–Crippen LogP) is -1.74. The second kappa shape index (κ2) is 7.35. The third-order valence-corrected chi connectivity index (χ3v) is 3.30. The second-order valence-electron chi connectivity index (χ2n) is 1.87. The first-order valence-electron chi connectivity index (χ1n) is 3.90. The van der Waals surface area contributed by atoms with Crippen LogP contribution in [0.2, 0.25) is 0 Å². The Morgan fingerprint density at radius 2 is 1.23 bits per heavy atom. The maximum absolute atomic E-state index is 5.20. The van der Waals surface area contributed by atoms with E-state index >= 15 is 0 Å². The summed E-state index contributed by atoms with van der Waals surface area (Å²) >= 11 is 0. The molecule has 0 atom stereocenters. The topological polar surface area (TPSA) is 115 Å². The summed E-state index contributed by atoms with van der Waals surface area (Å²) in [6.07, 6.45) is 0. The standard InChI is InChI=1S/C5H17N3O4Si/c1-2-9-13(10-3-6,11-4-7)12-5-8/h2-8H2,1H3. The fourth-order valence-electron chi connectivity index (χ4n) is 0.733. The highest BCUT2D eigenvalue weighted by Crippen LogP contribution is 2.09. The molecule has 0 bridgehead atoms. The smallest absolute Gasteiger partial charge is 0.351 e. The van der Waals surface area contributed by atoms with Crippen molar-refractivity contribution in [2.45, 2.75) is 6.92 Å². The monoisotopic (exact) mass is 211 g/mol. The lowest BCUT2D eigenvalue weighted by atomic mass is 10.9. The van der Waals surface area contributed by atoms with Crippen LogP contribution in [-0.2, 0) is 17.7 Å². The van der Waals surface area contributed by atoms with Crippen molar-refractivity contribution in [1.82, 2.24) is 0 Å². The average molecular weight is 211 g/mol. The van der Waals surface area contributed by atoms with Crippen molar-refractivity contribution >= 4 is 9.05 Å². The zero-order valence-corrected chi connectivity index (χ0v) is 8.69. The summed E-state index contributed by atoms with van der Waals surface area (Å²) < 4.78 is 20.3. The van der Waals surface area contributed by atoms with E-state index in [1.807, 2.05) is 0 Å². The summed E-state index contributed by atoms with van der Waals surface area (Å²) in [4.78, 5) is 0. The van der Waals surface area contributed by atoms with Crippen molar-refractivity contribution in [3.63, 3.8) is 0 Å². The van der Waals surface area contributed by atoms with Gasteiger partial charge in [0.15, 0.2) is 0 Å². The van der Waals surface area contributed by atoms with Crippen LogP contribution in [0.25, 0.3) is 0 Å². The van der Waals surface area contributed by atoms with Crippen LogP contribution in [0.3, 0.4) is 0 Å². The highest BCUT2D eigenvalue weighted by Gasteiger charge is 2.44. The highest BCUT2D eigenvalue weighted by molar-refractivity contribution is 6.53. The fourth-order valence-corrected chi connectivity index (χ4v) is 2.20. The summed E-state index contributed by atoms with van der Waals surface area (Å²) in [5.41, 5.74) is 15.6. The fraction of sp³-hybridized carbons (Fsp3) is 1.00. The average Bonchev–Trinajstić information content (AvgIpc) is 2.06. The largest absolute Gasteiger partial charge is 0.682 e. The first-order valence-corrected chi connectivity index (χ1v) is 5.54. The minimum atomic E-state index is -3.17. The Kier molecular flexibility index (Phi) is 7.32. The summed E-state index contributed by atoms with van der Waals surface area (Å²) in [6, 6.07) is 0.